The Bertz CT molecular complexity index is 431. The molecular formula is C13H15NO3. The zero-order chi connectivity index (χ0) is 12.7. The fourth-order valence-electron chi connectivity index (χ4n) is 1.14. The molecule has 0 radical (unpaired) electrons. The number of hydrogen-bond donors (Lipinski definition) is 1. The van der Waals surface area contributed by atoms with Crippen LogP contribution < -0.4 is 0 Å². The Morgan fingerprint density at radius 3 is 2.53 bits per heavy atom. The highest BCUT2D eigenvalue weighted by Crippen LogP contribution is 2.03. The highest BCUT2D eigenvalue weighted by Gasteiger charge is 2.15. The van der Waals surface area contributed by atoms with Gasteiger partial charge in [0.1, 0.15) is 6.61 Å². The van der Waals surface area contributed by atoms with Gasteiger partial charge in [-0.1, -0.05) is 35.9 Å². The first-order valence-corrected chi connectivity index (χ1v) is 5.23. The molecule has 0 aliphatic heterocycles. The standard InChI is InChI=1S/C13H15NO3/c1-10(2)8-9-17-13(14-16)12(15)11-6-4-3-5-7-11/h3-8,16H,9H2,1-2H3/b14-13-. The molecular weight excluding hydrogens is 218 g/mol. The maximum absolute atomic E-state index is 11.8. The lowest BCUT2D eigenvalue weighted by Crippen LogP contribution is -2.18. The van der Waals surface area contributed by atoms with Gasteiger partial charge in [-0.15, -0.1) is 0 Å². The maximum atomic E-state index is 11.8. The summed E-state index contributed by atoms with van der Waals surface area (Å²) in [5.41, 5.74) is 1.49. The van der Waals surface area contributed by atoms with Gasteiger partial charge in [0, 0.05) is 5.56 Å². The first-order chi connectivity index (χ1) is 8.15. The molecule has 0 unspecified atom stereocenters. The number of hydrogen-bond acceptors (Lipinski definition) is 4. The fourth-order valence-corrected chi connectivity index (χ4v) is 1.14. The van der Waals surface area contributed by atoms with Crippen LogP contribution in [0, 0.1) is 0 Å². The molecule has 1 rings (SSSR count). The molecule has 0 saturated heterocycles. The summed E-state index contributed by atoms with van der Waals surface area (Å²) in [6, 6.07) is 8.54. The second kappa shape index (κ2) is 6.48. The van der Waals surface area contributed by atoms with Gasteiger partial charge in [-0.25, -0.2) is 0 Å². The Morgan fingerprint density at radius 2 is 2.00 bits per heavy atom. The molecule has 17 heavy (non-hydrogen) atoms. The molecule has 0 saturated carbocycles. The molecule has 1 aromatic rings. The largest absolute Gasteiger partial charge is 0.469 e. The van der Waals surface area contributed by atoms with Crippen molar-refractivity contribution in [2.45, 2.75) is 13.8 Å². The number of carbonyl (C=O) groups excluding carboxylic acids is 1. The van der Waals surface area contributed by atoms with Crippen molar-refractivity contribution in [3.63, 3.8) is 0 Å². The first kappa shape index (κ1) is 13.0. The molecule has 4 nitrogen and oxygen atoms in total. The molecule has 0 fully saturated rings. The molecule has 0 aromatic heterocycles. The van der Waals surface area contributed by atoms with Crippen molar-refractivity contribution in [3.05, 3.63) is 47.5 Å². The topological polar surface area (TPSA) is 58.9 Å². The van der Waals surface area contributed by atoms with Crippen molar-refractivity contribution in [1.82, 2.24) is 0 Å². The van der Waals surface area contributed by atoms with Gasteiger partial charge in [0.25, 0.3) is 11.7 Å². The van der Waals surface area contributed by atoms with Gasteiger partial charge in [0.05, 0.1) is 0 Å². The number of ether oxygens (including phenoxy) is 1. The smallest absolute Gasteiger partial charge is 0.299 e. The number of Topliss-reactive ketones (excluding diaryl/α,β-unsaturated/α-hetero) is 1. The van der Waals surface area contributed by atoms with Crippen LogP contribution in [0.4, 0.5) is 0 Å². The van der Waals surface area contributed by atoms with Crippen molar-refractivity contribution in [3.8, 4) is 0 Å². The number of benzene rings is 1. The minimum Gasteiger partial charge on any atom is -0.469 e. The van der Waals surface area contributed by atoms with Gasteiger partial charge in [-0.05, 0) is 25.1 Å². The molecule has 0 bridgehead atoms. The van der Waals surface area contributed by atoms with Gasteiger partial charge in [0.15, 0.2) is 0 Å². The molecule has 1 N–H and O–H groups in total. The molecule has 4 heteroatoms. The van der Waals surface area contributed by atoms with Crippen molar-refractivity contribution in [2.75, 3.05) is 6.61 Å². The Hall–Kier alpha value is -2.10. The van der Waals surface area contributed by atoms with Crippen LogP contribution in [0.2, 0.25) is 0 Å². The predicted molar refractivity (Wildman–Crippen MR) is 65.4 cm³/mol. The van der Waals surface area contributed by atoms with E-state index in [9.17, 15) is 4.79 Å². The van der Waals surface area contributed by atoms with Crippen LogP contribution in [-0.2, 0) is 4.74 Å². The van der Waals surface area contributed by atoms with Crippen molar-refractivity contribution in [1.29, 1.82) is 0 Å². The molecule has 0 aliphatic rings. The minimum absolute atomic E-state index is 0.209. The molecule has 0 atom stereocenters. The predicted octanol–water partition coefficient (Wildman–Crippen LogP) is 2.64. The van der Waals surface area contributed by atoms with E-state index in [4.69, 9.17) is 9.94 Å². The summed E-state index contributed by atoms with van der Waals surface area (Å²) in [6.07, 6.45) is 1.80. The van der Waals surface area contributed by atoms with E-state index in [1.165, 1.54) is 0 Å². The normalized spacial score (nSPS) is 10.8. The van der Waals surface area contributed by atoms with Crippen LogP contribution in [0.25, 0.3) is 0 Å². The van der Waals surface area contributed by atoms with E-state index in [2.05, 4.69) is 5.16 Å². The van der Waals surface area contributed by atoms with E-state index in [0.29, 0.717) is 5.56 Å². The molecule has 0 aliphatic carbocycles. The summed E-state index contributed by atoms with van der Waals surface area (Å²) < 4.78 is 5.09. The zero-order valence-electron chi connectivity index (χ0n) is 9.88. The summed E-state index contributed by atoms with van der Waals surface area (Å²) in [6.45, 7) is 4.04. The van der Waals surface area contributed by atoms with Crippen molar-refractivity contribution < 1.29 is 14.7 Å². The lowest BCUT2D eigenvalue weighted by Gasteiger charge is -2.04. The summed E-state index contributed by atoms with van der Waals surface area (Å²) in [7, 11) is 0. The third kappa shape index (κ3) is 4.10. The van der Waals surface area contributed by atoms with Crippen molar-refractivity contribution in [2.24, 2.45) is 5.16 Å². The fraction of sp³-hybridized carbons (Fsp3) is 0.231. The first-order valence-electron chi connectivity index (χ1n) is 5.23. The zero-order valence-corrected chi connectivity index (χ0v) is 9.88. The van der Waals surface area contributed by atoms with E-state index >= 15 is 0 Å². The Morgan fingerprint density at radius 1 is 1.35 bits per heavy atom. The second-order valence-electron chi connectivity index (χ2n) is 3.69. The average Bonchev–Trinajstić information content (AvgIpc) is 2.34. The SMILES string of the molecule is CC(C)=CCO/C(=N\O)C(=O)c1ccccc1. The summed E-state index contributed by atoms with van der Waals surface area (Å²) in [5.74, 6) is -0.732. The van der Waals surface area contributed by atoms with Gasteiger partial charge in [-0.3, -0.25) is 4.79 Å². The Kier molecular flexibility index (Phi) is 4.94. The molecule has 90 valence electrons. The van der Waals surface area contributed by atoms with E-state index < -0.39 is 5.78 Å². The Labute approximate surface area is 100 Å². The van der Waals surface area contributed by atoms with Crippen LogP contribution in [0.1, 0.15) is 24.2 Å². The average molecular weight is 233 g/mol. The highest BCUT2D eigenvalue weighted by molar-refractivity contribution is 6.42. The number of rotatable bonds is 4. The maximum Gasteiger partial charge on any atom is 0.299 e. The van der Waals surface area contributed by atoms with E-state index in [1.807, 2.05) is 13.8 Å². The van der Waals surface area contributed by atoms with Crippen molar-refractivity contribution >= 4 is 11.7 Å². The number of allylic oxidation sites excluding steroid dienone is 1. The van der Waals surface area contributed by atoms with E-state index in [0.717, 1.165) is 5.57 Å². The second-order valence-corrected chi connectivity index (χ2v) is 3.69. The molecule has 0 heterocycles. The van der Waals surface area contributed by atoms with Crippen LogP contribution in [0.5, 0.6) is 0 Å². The molecule has 1 aromatic carbocycles. The van der Waals surface area contributed by atoms with Gasteiger partial charge in [0.2, 0.25) is 0 Å². The van der Waals surface area contributed by atoms with Crippen LogP contribution in [-0.4, -0.2) is 23.5 Å². The van der Waals surface area contributed by atoms with E-state index in [-0.39, 0.29) is 12.5 Å². The van der Waals surface area contributed by atoms with Gasteiger partial charge >= 0.3 is 0 Å². The minimum atomic E-state index is -0.435. The van der Waals surface area contributed by atoms with Crippen LogP contribution in [0.3, 0.4) is 0 Å². The lowest BCUT2D eigenvalue weighted by molar-refractivity contribution is 0.102. The highest BCUT2D eigenvalue weighted by atomic mass is 16.5. The summed E-state index contributed by atoms with van der Waals surface area (Å²) in [4.78, 5) is 11.8. The van der Waals surface area contributed by atoms with E-state index in [1.54, 1.807) is 36.4 Å². The number of nitrogens with zero attached hydrogens (tertiary/aromatic N) is 1. The molecule has 0 amide bonds. The quantitative estimate of drug-likeness (QED) is 0.217. The summed E-state index contributed by atoms with van der Waals surface area (Å²) >= 11 is 0. The van der Waals surface area contributed by atoms with Gasteiger partial charge in [-0.2, -0.15) is 0 Å². The van der Waals surface area contributed by atoms with Crippen LogP contribution in [0.15, 0.2) is 47.1 Å². The number of carbonyl (C=O) groups is 1. The third-order valence-corrected chi connectivity index (χ3v) is 2.03. The van der Waals surface area contributed by atoms with Gasteiger partial charge < -0.3 is 9.94 Å². The Balaban J connectivity index is 2.70. The molecule has 0 spiro atoms. The third-order valence-electron chi connectivity index (χ3n) is 2.03. The number of oxime groups is 1. The lowest BCUT2D eigenvalue weighted by atomic mass is 10.1. The summed E-state index contributed by atoms with van der Waals surface area (Å²) in [5, 5.41) is 11.6. The monoisotopic (exact) mass is 233 g/mol. The number of ketones is 1. The van der Waals surface area contributed by atoms with Crippen LogP contribution >= 0.6 is 0 Å².